The predicted octanol–water partition coefficient (Wildman–Crippen LogP) is 7.95. The van der Waals surface area contributed by atoms with Crippen LogP contribution < -0.4 is 0 Å². The van der Waals surface area contributed by atoms with Crippen molar-refractivity contribution in [1.29, 1.82) is 0 Å². The average Bonchev–Trinajstić information content (AvgIpc) is 2.91. The first kappa shape index (κ1) is 26.5. The lowest BCUT2D eigenvalue weighted by atomic mass is 10.0. The normalized spacial score (nSPS) is 11.3. The Balaban J connectivity index is 1.60. The van der Waals surface area contributed by atoms with Crippen LogP contribution >= 0.6 is 0 Å². The highest BCUT2D eigenvalue weighted by Crippen LogP contribution is 2.33. The van der Waals surface area contributed by atoms with Crippen LogP contribution in [-0.4, -0.2) is 20.1 Å². The van der Waals surface area contributed by atoms with Gasteiger partial charge in [-0.15, -0.1) is 0 Å². The van der Waals surface area contributed by atoms with Crippen LogP contribution in [0.25, 0.3) is 0 Å². The van der Waals surface area contributed by atoms with Gasteiger partial charge in [0.25, 0.3) is 11.4 Å². The van der Waals surface area contributed by atoms with Gasteiger partial charge in [0, 0.05) is 29.7 Å². The number of phenolic OH excluding ortho intramolecular Hbond substituents is 2. The second-order valence-corrected chi connectivity index (χ2v) is 8.66. The van der Waals surface area contributed by atoms with Crippen molar-refractivity contribution in [1.82, 2.24) is 0 Å². The third-order valence-electron chi connectivity index (χ3n) is 5.83. The molecule has 4 rings (SSSR count). The monoisotopic (exact) mass is 526 g/mol. The minimum Gasteiger partial charge on any atom is -0.508 e. The quantitative estimate of drug-likeness (QED) is 0.134. The first-order chi connectivity index (χ1) is 18.6. The maximum atomic E-state index is 11.8. The number of aryl methyl sites for hydroxylation is 2. The van der Waals surface area contributed by atoms with E-state index in [1.807, 2.05) is 0 Å². The predicted molar refractivity (Wildman–Crippen MR) is 143 cm³/mol. The minimum atomic E-state index is -0.576. The molecule has 4 aromatic carbocycles. The molecule has 39 heavy (non-hydrogen) atoms. The number of nitro groups is 2. The Hall–Kier alpha value is -5.52. The van der Waals surface area contributed by atoms with E-state index in [2.05, 4.69) is 20.5 Å². The van der Waals surface area contributed by atoms with E-state index in [0.29, 0.717) is 22.5 Å². The summed E-state index contributed by atoms with van der Waals surface area (Å²) in [6.07, 6.45) is -0.0736. The van der Waals surface area contributed by atoms with Gasteiger partial charge in [0.05, 0.1) is 32.6 Å². The second kappa shape index (κ2) is 11.3. The molecular formula is C27H22N6O6. The number of benzene rings is 4. The summed E-state index contributed by atoms with van der Waals surface area (Å²) in [7, 11) is 0. The van der Waals surface area contributed by atoms with Crippen LogP contribution in [0.15, 0.2) is 93.3 Å². The average molecular weight is 527 g/mol. The summed E-state index contributed by atoms with van der Waals surface area (Å²) < 4.78 is 0. The van der Waals surface area contributed by atoms with Gasteiger partial charge in [0.1, 0.15) is 11.5 Å². The molecule has 12 nitrogen and oxygen atoms in total. The zero-order valence-corrected chi connectivity index (χ0v) is 20.8. The molecule has 0 bridgehead atoms. The zero-order valence-electron chi connectivity index (χ0n) is 20.8. The van der Waals surface area contributed by atoms with Crippen LogP contribution in [0, 0.1) is 34.1 Å². The van der Waals surface area contributed by atoms with Crippen molar-refractivity contribution in [3.63, 3.8) is 0 Å². The third-order valence-corrected chi connectivity index (χ3v) is 5.83. The fourth-order valence-corrected chi connectivity index (χ4v) is 3.71. The Bertz CT molecular complexity index is 1530. The Labute approximate surface area is 221 Å². The number of azo groups is 2. The number of nitro benzene ring substituents is 2. The molecule has 0 aliphatic carbocycles. The first-order valence-corrected chi connectivity index (χ1v) is 11.6. The lowest BCUT2D eigenvalue weighted by Crippen LogP contribution is -2.00. The van der Waals surface area contributed by atoms with Crippen molar-refractivity contribution in [2.45, 2.75) is 20.3 Å². The summed E-state index contributed by atoms with van der Waals surface area (Å²) in [5.41, 5.74) is 2.61. The van der Waals surface area contributed by atoms with Gasteiger partial charge in [-0.2, -0.15) is 20.5 Å². The van der Waals surface area contributed by atoms with Gasteiger partial charge in [-0.1, -0.05) is 0 Å². The van der Waals surface area contributed by atoms with Gasteiger partial charge < -0.3 is 10.2 Å². The molecule has 0 aliphatic heterocycles. The molecule has 0 spiro atoms. The van der Waals surface area contributed by atoms with Gasteiger partial charge >= 0.3 is 0 Å². The highest BCUT2D eigenvalue weighted by Gasteiger charge is 2.21. The van der Waals surface area contributed by atoms with Crippen LogP contribution in [0.4, 0.5) is 34.1 Å². The molecule has 0 amide bonds. The highest BCUT2D eigenvalue weighted by molar-refractivity contribution is 5.58. The van der Waals surface area contributed by atoms with Crippen LogP contribution in [-0.2, 0) is 6.42 Å². The van der Waals surface area contributed by atoms with Gasteiger partial charge in [0.2, 0.25) is 0 Å². The van der Waals surface area contributed by atoms with Crippen molar-refractivity contribution in [3.8, 4) is 11.5 Å². The topological polar surface area (TPSA) is 176 Å². The van der Waals surface area contributed by atoms with E-state index >= 15 is 0 Å². The van der Waals surface area contributed by atoms with Crippen LogP contribution in [0.3, 0.4) is 0 Å². The molecule has 0 unspecified atom stereocenters. The standard InChI is InChI=1S/C27H22N6O6/c1-16-11-20(7-9-26(16)34)28-30-22-5-3-18(24(14-22)32(36)37)13-19-4-6-23(15-25(19)33(38)39)31-29-21-8-10-27(35)17(2)12-21/h3-12,14-15,34-35H,13H2,1-2H3. The zero-order chi connectivity index (χ0) is 28.1. The smallest absolute Gasteiger partial charge is 0.275 e. The molecule has 4 aromatic rings. The fraction of sp³-hybridized carbons (Fsp3) is 0.111. The summed E-state index contributed by atoms with van der Waals surface area (Å²) in [6, 6.07) is 17.8. The van der Waals surface area contributed by atoms with Crippen LogP contribution in [0.2, 0.25) is 0 Å². The van der Waals surface area contributed by atoms with Crippen molar-refractivity contribution >= 4 is 34.1 Å². The number of nitrogens with zero attached hydrogens (tertiary/aromatic N) is 6. The first-order valence-electron chi connectivity index (χ1n) is 11.6. The lowest BCUT2D eigenvalue weighted by Gasteiger charge is -2.06. The third kappa shape index (κ3) is 6.43. The van der Waals surface area contributed by atoms with E-state index in [-0.39, 0.29) is 51.8 Å². The van der Waals surface area contributed by atoms with E-state index < -0.39 is 9.85 Å². The van der Waals surface area contributed by atoms with Crippen molar-refractivity contribution < 1.29 is 20.1 Å². The number of hydrogen-bond donors (Lipinski definition) is 2. The van der Waals surface area contributed by atoms with E-state index in [4.69, 9.17) is 0 Å². The van der Waals surface area contributed by atoms with Gasteiger partial charge in [-0.05, 0) is 85.6 Å². The molecule has 0 aromatic heterocycles. The summed E-state index contributed by atoms with van der Waals surface area (Å²) in [6.45, 7) is 3.41. The Morgan fingerprint density at radius 3 is 1.26 bits per heavy atom. The summed E-state index contributed by atoms with van der Waals surface area (Å²) >= 11 is 0. The molecule has 0 aliphatic rings. The molecule has 2 N–H and O–H groups in total. The molecule has 0 radical (unpaired) electrons. The maximum absolute atomic E-state index is 11.8. The molecule has 0 atom stereocenters. The van der Waals surface area contributed by atoms with E-state index in [1.54, 1.807) is 38.1 Å². The lowest BCUT2D eigenvalue weighted by molar-refractivity contribution is -0.386. The SMILES string of the molecule is Cc1cc(N=Nc2ccc(Cc3ccc(N=Nc4ccc(O)c(C)c4)cc3[N+](=O)[O-])c([N+](=O)[O-])c2)ccc1O. The van der Waals surface area contributed by atoms with Gasteiger partial charge in [-0.3, -0.25) is 20.2 Å². The van der Waals surface area contributed by atoms with Crippen molar-refractivity contribution in [2.24, 2.45) is 20.5 Å². The molecule has 12 heteroatoms. The molecule has 0 heterocycles. The number of hydrogen-bond acceptors (Lipinski definition) is 10. The molecular weight excluding hydrogens is 504 g/mol. The van der Waals surface area contributed by atoms with Gasteiger partial charge in [0.15, 0.2) is 0 Å². The van der Waals surface area contributed by atoms with E-state index in [9.17, 15) is 30.4 Å². The largest absolute Gasteiger partial charge is 0.508 e. The summed E-state index contributed by atoms with van der Waals surface area (Å²) in [4.78, 5) is 22.4. The molecule has 196 valence electrons. The summed E-state index contributed by atoms with van der Waals surface area (Å²) in [5.74, 6) is 0.234. The summed E-state index contributed by atoms with van der Waals surface area (Å²) in [5, 5.41) is 59.0. The number of rotatable bonds is 8. The van der Waals surface area contributed by atoms with E-state index in [1.165, 1.54) is 48.5 Å². The Morgan fingerprint density at radius 2 is 0.923 bits per heavy atom. The fourth-order valence-electron chi connectivity index (χ4n) is 3.71. The van der Waals surface area contributed by atoms with Crippen LogP contribution in [0.1, 0.15) is 22.3 Å². The molecule has 0 fully saturated rings. The Kier molecular flexibility index (Phi) is 7.66. The van der Waals surface area contributed by atoms with Gasteiger partial charge in [-0.25, -0.2) is 0 Å². The maximum Gasteiger partial charge on any atom is 0.275 e. The van der Waals surface area contributed by atoms with Crippen molar-refractivity contribution in [2.75, 3.05) is 0 Å². The van der Waals surface area contributed by atoms with E-state index in [0.717, 1.165) is 0 Å². The molecule has 0 saturated carbocycles. The second-order valence-electron chi connectivity index (χ2n) is 8.66. The number of phenols is 2. The van der Waals surface area contributed by atoms with Crippen molar-refractivity contribution in [3.05, 3.63) is 115 Å². The Morgan fingerprint density at radius 1 is 0.590 bits per heavy atom. The number of aromatic hydroxyl groups is 2. The van der Waals surface area contributed by atoms with Crippen LogP contribution in [0.5, 0.6) is 11.5 Å². The minimum absolute atomic E-state index is 0.0736. The molecule has 0 saturated heterocycles. The highest BCUT2D eigenvalue weighted by atomic mass is 16.6.